The first kappa shape index (κ1) is 24.3. The molecule has 8 heteroatoms. The summed E-state index contributed by atoms with van der Waals surface area (Å²) >= 11 is 0. The van der Waals surface area contributed by atoms with Gasteiger partial charge < -0.3 is 14.0 Å². The number of benzene rings is 3. The molecule has 0 unspecified atom stereocenters. The van der Waals surface area contributed by atoms with Gasteiger partial charge in [0.2, 0.25) is 0 Å². The Bertz CT molecular complexity index is 1150. The van der Waals surface area contributed by atoms with Crippen LogP contribution in [0.5, 0.6) is 11.5 Å². The highest BCUT2D eigenvalue weighted by molar-refractivity contribution is 7.86. The van der Waals surface area contributed by atoms with E-state index in [9.17, 15) is 18.3 Å². The summed E-state index contributed by atoms with van der Waals surface area (Å²) in [4.78, 5) is 13.2. The zero-order valence-electron chi connectivity index (χ0n) is 18.4. The summed E-state index contributed by atoms with van der Waals surface area (Å²) in [6, 6.07) is 24.2. The van der Waals surface area contributed by atoms with Crippen LogP contribution >= 0.6 is 0 Å². The highest BCUT2D eigenvalue weighted by Crippen LogP contribution is 2.18. The maximum Gasteiger partial charge on any atom is 0.317 e. The number of ether oxygens (including phenoxy) is 1. The first-order valence-corrected chi connectivity index (χ1v) is 12.3. The van der Waals surface area contributed by atoms with E-state index < -0.39 is 16.1 Å². The van der Waals surface area contributed by atoms with Gasteiger partial charge in [-0.3, -0.25) is 9.69 Å². The van der Waals surface area contributed by atoms with E-state index >= 15 is 0 Å². The van der Waals surface area contributed by atoms with E-state index in [0.29, 0.717) is 31.9 Å². The number of nitrogens with zero attached hydrogens (tertiary/aromatic N) is 1. The van der Waals surface area contributed by atoms with Gasteiger partial charge in [0.05, 0.1) is 19.4 Å². The van der Waals surface area contributed by atoms with Gasteiger partial charge in [-0.15, -0.1) is 0 Å². The van der Waals surface area contributed by atoms with E-state index in [2.05, 4.69) is 0 Å². The van der Waals surface area contributed by atoms with E-state index in [0.717, 1.165) is 22.9 Å². The lowest BCUT2D eigenvalue weighted by Crippen LogP contribution is -2.28. The first-order chi connectivity index (χ1) is 15.8. The molecule has 0 aliphatic carbocycles. The SMILES string of the molecule is CS(=O)(=O)Oc1ccc(CCOc2cccc(CN(CC(=O)O)Cc3ccccc3)c2)cc1. The Morgan fingerprint density at radius 2 is 1.52 bits per heavy atom. The van der Waals surface area contributed by atoms with Gasteiger partial charge in [0, 0.05) is 19.5 Å². The largest absolute Gasteiger partial charge is 0.493 e. The van der Waals surface area contributed by atoms with Gasteiger partial charge in [-0.25, -0.2) is 0 Å². The smallest absolute Gasteiger partial charge is 0.317 e. The predicted molar refractivity (Wildman–Crippen MR) is 126 cm³/mol. The molecule has 3 aromatic carbocycles. The standard InChI is InChI=1S/C25H27NO6S/c1-33(29,30)32-23-12-10-20(11-13-23)14-15-31-24-9-5-8-22(16-24)18-26(19-25(27)28)17-21-6-3-2-4-7-21/h2-13,16H,14-15,17-19H2,1H3,(H,27,28). The van der Waals surface area contributed by atoms with E-state index in [1.54, 1.807) is 24.3 Å². The third-order valence-electron chi connectivity index (χ3n) is 4.74. The molecule has 0 heterocycles. The lowest BCUT2D eigenvalue weighted by molar-refractivity contribution is -0.138. The number of aliphatic carboxylic acids is 1. The zero-order chi connectivity index (χ0) is 23.7. The van der Waals surface area contributed by atoms with Crippen molar-refractivity contribution >= 4 is 16.1 Å². The van der Waals surface area contributed by atoms with Crippen LogP contribution in [-0.4, -0.2) is 43.8 Å². The first-order valence-electron chi connectivity index (χ1n) is 10.4. The summed E-state index contributed by atoms with van der Waals surface area (Å²) in [6.45, 7) is 1.41. The van der Waals surface area contributed by atoms with Crippen LogP contribution in [0.3, 0.4) is 0 Å². The molecule has 0 atom stereocenters. The second-order valence-corrected chi connectivity index (χ2v) is 9.28. The summed E-state index contributed by atoms with van der Waals surface area (Å²) in [6.07, 6.45) is 1.65. The molecule has 3 aromatic rings. The minimum atomic E-state index is -3.54. The van der Waals surface area contributed by atoms with Crippen LogP contribution in [0.2, 0.25) is 0 Å². The summed E-state index contributed by atoms with van der Waals surface area (Å²) in [7, 11) is -3.54. The molecule has 7 nitrogen and oxygen atoms in total. The maximum absolute atomic E-state index is 11.3. The van der Waals surface area contributed by atoms with Crippen molar-refractivity contribution in [1.29, 1.82) is 0 Å². The van der Waals surface area contributed by atoms with Gasteiger partial charge >= 0.3 is 16.1 Å². The topological polar surface area (TPSA) is 93.1 Å². The molecule has 0 amide bonds. The minimum absolute atomic E-state index is 0.0565. The van der Waals surface area contributed by atoms with Crippen molar-refractivity contribution in [1.82, 2.24) is 4.90 Å². The predicted octanol–water partition coefficient (Wildman–Crippen LogP) is 3.73. The van der Waals surface area contributed by atoms with E-state index in [1.807, 2.05) is 59.5 Å². The van der Waals surface area contributed by atoms with Crippen LogP contribution in [-0.2, 0) is 34.4 Å². The number of carboxylic acid groups (broad SMARTS) is 1. The highest BCUT2D eigenvalue weighted by Gasteiger charge is 2.12. The second kappa shape index (κ2) is 11.5. The van der Waals surface area contributed by atoms with Crippen LogP contribution in [0.1, 0.15) is 16.7 Å². The Balaban J connectivity index is 1.55. The van der Waals surface area contributed by atoms with Crippen LogP contribution in [0, 0.1) is 0 Å². The van der Waals surface area contributed by atoms with Crippen molar-refractivity contribution < 1.29 is 27.2 Å². The lowest BCUT2D eigenvalue weighted by Gasteiger charge is -2.21. The number of rotatable bonds is 12. The fraction of sp³-hybridized carbons (Fsp3) is 0.240. The Labute approximate surface area is 194 Å². The zero-order valence-corrected chi connectivity index (χ0v) is 19.2. The molecular formula is C25H27NO6S. The lowest BCUT2D eigenvalue weighted by atomic mass is 10.1. The van der Waals surface area contributed by atoms with Crippen LogP contribution in [0.25, 0.3) is 0 Å². The minimum Gasteiger partial charge on any atom is -0.493 e. The normalized spacial score (nSPS) is 11.3. The molecular weight excluding hydrogens is 442 g/mol. The van der Waals surface area contributed by atoms with Gasteiger partial charge in [-0.05, 0) is 41.0 Å². The van der Waals surface area contributed by atoms with Gasteiger partial charge in [-0.2, -0.15) is 8.42 Å². The van der Waals surface area contributed by atoms with E-state index in [-0.39, 0.29) is 12.3 Å². The summed E-state index contributed by atoms with van der Waals surface area (Å²) in [5.74, 6) is 0.113. The monoisotopic (exact) mass is 469 g/mol. The molecule has 0 aromatic heterocycles. The molecule has 1 N–H and O–H groups in total. The van der Waals surface area contributed by atoms with Gasteiger partial charge in [0.25, 0.3) is 0 Å². The van der Waals surface area contributed by atoms with Crippen molar-refractivity contribution in [2.24, 2.45) is 0 Å². The molecule has 0 saturated heterocycles. The van der Waals surface area contributed by atoms with E-state index in [1.165, 1.54) is 0 Å². The van der Waals surface area contributed by atoms with Crippen molar-refractivity contribution in [2.45, 2.75) is 19.5 Å². The molecule has 0 radical (unpaired) electrons. The fourth-order valence-corrected chi connectivity index (χ4v) is 3.83. The van der Waals surface area contributed by atoms with Crippen molar-refractivity contribution in [2.75, 3.05) is 19.4 Å². The van der Waals surface area contributed by atoms with Gasteiger partial charge in [-0.1, -0.05) is 54.6 Å². The highest BCUT2D eigenvalue weighted by atomic mass is 32.2. The number of carboxylic acids is 1. The molecule has 0 aliphatic rings. The van der Waals surface area contributed by atoms with E-state index in [4.69, 9.17) is 8.92 Å². The Kier molecular flexibility index (Phi) is 8.46. The molecule has 174 valence electrons. The van der Waals surface area contributed by atoms with Crippen LogP contribution in [0.15, 0.2) is 78.9 Å². The van der Waals surface area contributed by atoms with Crippen molar-refractivity contribution in [3.63, 3.8) is 0 Å². The third kappa shape index (κ3) is 8.96. The molecule has 0 saturated carbocycles. The molecule has 3 rings (SSSR count). The van der Waals surface area contributed by atoms with Crippen molar-refractivity contribution in [3.05, 3.63) is 95.6 Å². The average Bonchev–Trinajstić information content (AvgIpc) is 2.74. The average molecular weight is 470 g/mol. The molecule has 0 spiro atoms. The van der Waals surface area contributed by atoms with Crippen molar-refractivity contribution in [3.8, 4) is 11.5 Å². The summed E-state index contributed by atoms with van der Waals surface area (Å²) < 4.78 is 33.1. The van der Waals surface area contributed by atoms with Crippen LogP contribution < -0.4 is 8.92 Å². The van der Waals surface area contributed by atoms with Crippen LogP contribution in [0.4, 0.5) is 0 Å². The Morgan fingerprint density at radius 1 is 0.848 bits per heavy atom. The molecule has 0 fully saturated rings. The van der Waals surface area contributed by atoms with Gasteiger partial charge in [0.1, 0.15) is 11.5 Å². The fourth-order valence-electron chi connectivity index (χ4n) is 3.37. The second-order valence-electron chi connectivity index (χ2n) is 7.70. The quantitative estimate of drug-likeness (QED) is 0.404. The molecule has 0 bridgehead atoms. The molecule has 33 heavy (non-hydrogen) atoms. The summed E-state index contributed by atoms with van der Waals surface area (Å²) in [5, 5.41) is 9.29. The molecule has 0 aliphatic heterocycles. The Hall–Kier alpha value is -3.36. The third-order valence-corrected chi connectivity index (χ3v) is 5.24. The Morgan fingerprint density at radius 3 is 2.18 bits per heavy atom. The number of hydrogen-bond donors (Lipinski definition) is 1. The van der Waals surface area contributed by atoms with Gasteiger partial charge in [0.15, 0.2) is 0 Å². The summed E-state index contributed by atoms with van der Waals surface area (Å²) in [5.41, 5.74) is 3.01. The number of carbonyl (C=O) groups is 1. The number of hydrogen-bond acceptors (Lipinski definition) is 6. The maximum atomic E-state index is 11.3.